The van der Waals surface area contributed by atoms with Crippen LogP contribution >= 0.6 is 11.6 Å². The molecule has 0 bridgehead atoms. The molecule has 0 aliphatic carbocycles. The first-order valence-electron chi connectivity index (χ1n) is 8.60. The topological polar surface area (TPSA) is 85.0 Å². The molecule has 144 valence electrons. The van der Waals surface area contributed by atoms with Crippen LogP contribution in [0.25, 0.3) is 11.3 Å². The Bertz CT molecular complexity index is 1010. The van der Waals surface area contributed by atoms with Crippen LogP contribution < -0.4 is 10.6 Å². The molecule has 0 atom stereocenters. The number of hydrogen-bond acceptors (Lipinski definition) is 6. The van der Waals surface area contributed by atoms with Crippen LogP contribution in [0.2, 0.25) is 5.15 Å². The Morgan fingerprint density at radius 3 is 2.50 bits per heavy atom. The van der Waals surface area contributed by atoms with Gasteiger partial charge < -0.3 is 10.6 Å². The molecule has 1 aromatic carbocycles. The van der Waals surface area contributed by atoms with Gasteiger partial charge in [-0.1, -0.05) is 17.7 Å². The summed E-state index contributed by atoms with van der Waals surface area (Å²) in [6, 6.07) is 11.3. The number of nitrogen functional groups attached to an aromatic ring is 1. The molecule has 0 fully saturated rings. The van der Waals surface area contributed by atoms with E-state index in [-0.39, 0.29) is 34.7 Å². The van der Waals surface area contributed by atoms with Crippen molar-refractivity contribution < 1.29 is 9.18 Å². The fraction of sp³-hybridized carbons (Fsp3) is 0.200. The Hall–Kier alpha value is -3.06. The number of hydrogen-bond donors (Lipinski definition) is 1. The number of anilines is 2. The maximum atomic E-state index is 13.1. The van der Waals surface area contributed by atoms with Crippen LogP contribution in [0.5, 0.6) is 0 Å². The second-order valence-electron chi connectivity index (χ2n) is 6.41. The number of aryl methyl sites for hydroxylation is 1. The molecule has 2 N–H and O–H groups in total. The molecule has 2 heterocycles. The van der Waals surface area contributed by atoms with E-state index in [0.717, 1.165) is 11.5 Å². The predicted molar refractivity (Wildman–Crippen MR) is 108 cm³/mol. The second kappa shape index (κ2) is 8.31. The van der Waals surface area contributed by atoms with Gasteiger partial charge in [-0.3, -0.25) is 4.79 Å². The van der Waals surface area contributed by atoms with Crippen LogP contribution in [0.1, 0.15) is 22.6 Å². The zero-order chi connectivity index (χ0) is 20.3. The average Bonchev–Trinajstić information content (AvgIpc) is 2.68. The summed E-state index contributed by atoms with van der Waals surface area (Å²) in [7, 11) is 3.80. The summed E-state index contributed by atoms with van der Waals surface area (Å²) in [5, 5.41) is 0.0388. The average molecular weight is 400 g/mol. The quantitative estimate of drug-likeness (QED) is 0.634. The normalized spacial score (nSPS) is 10.7. The van der Waals surface area contributed by atoms with E-state index in [4.69, 9.17) is 17.3 Å². The molecule has 0 radical (unpaired) electrons. The molecule has 0 saturated heterocycles. The third-order valence-corrected chi connectivity index (χ3v) is 4.38. The van der Waals surface area contributed by atoms with E-state index in [0.29, 0.717) is 17.7 Å². The Kier molecular flexibility index (Phi) is 5.84. The minimum atomic E-state index is -0.375. The molecule has 2 aromatic heterocycles. The molecule has 3 aromatic rings. The van der Waals surface area contributed by atoms with E-state index >= 15 is 0 Å². The third kappa shape index (κ3) is 4.43. The second-order valence-corrected chi connectivity index (χ2v) is 6.77. The van der Waals surface area contributed by atoms with E-state index in [9.17, 15) is 9.18 Å². The number of halogens is 2. The smallest absolute Gasteiger partial charge is 0.185 e. The SMILES string of the molecule is CN(C)c1cccc(CCC(=O)c2nc(Cl)c(-c3ccc(F)cc3)nc2N)n1. The number of nitrogens with two attached hydrogens (primary N) is 1. The lowest BCUT2D eigenvalue weighted by molar-refractivity contribution is 0.0978. The fourth-order valence-electron chi connectivity index (χ4n) is 2.64. The summed E-state index contributed by atoms with van der Waals surface area (Å²) in [6.07, 6.45) is 0.619. The maximum Gasteiger partial charge on any atom is 0.185 e. The Morgan fingerprint density at radius 2 is 1.82 bits per heavy atom. The van der Waals surface area contributed by atoms with Crippen molar-refractivity contribution in [3.05, 3.63) is 64.8 Å². The number of Topliss-reactive ketones (excluding diaryl/α,β-unsaturated/α-hetero) is 1. The van der Waals surface area contributed by atoms with Crippen LogP contribution in [0, 0.1) is 5.82 Å². The van der Waals surface area contributed by atoms with Gasteiger partial charge in [0.05, 0.1) is 0 Å². The first-order chi connectivity index (χ1) is 13.3. The summed E-state index contributed by atoms with van der Waals surface area (Å²) in [6.45, 7) is 0. The highest BCUT2D eigenvalue weighted by atomic mass is 35.5. The molecule has 0 unspecified atom stereocenters. The number of carbonyl (C=O) groups is 1. The minimum absolute atomic E-state index is 0.0104. The molecule has 0 spiro atoms. The van der Waals surface area contributed by atoms with Crippen molar-refractivity contribution >= 4 is 29.0 Å². The first-order valence-corrected chi connectivity index (χ1v) is 8.98. The number of carbonyl (C=O) groups excluding carboxylic acids is 1. The van der Waals surface area contributed by atoms with Crippen molar-refractivity contribution in [1.82, 2.24) is 15.0 Å². The van der Waals surface area contributed by atoms with Crippen LogP contribution in [-0.2, 0) is 6.42 Å². The van der Waals surface area contributed by atoms with Crippen molar-refractivity contribution in [3.8, 4) is 11.3 Å². The van der Waals surface area contributed by atoms with E-state index in [2.05, 4.69) is 15.0 Å². The number of ketones is 1. The monoisotopic (exact) mass is 399 g/mol. The lowest BCUT2D eigenvalue weighted by atomic mass is 10.1. The molecule has 0 aliphatic rings. The number of aromatic nitrogens is 3. The van der Waals surface area contributed by atoms with Gasteiger partial charge in [-0.05, 0) is 42.8 Å². The van der Waals surface area contributed by atoms with Gasteiger partial charge in [0.1, 0.15) is 23.0 Å². The van der Waals surface area contributed by atoms with E-state index in [1.807, 2.05) is 37.2 Å². The van der Waals surface area contributed by atoms with Crippen LogP contribution in [-0.4, -0.2) is 34.8 Å². The van der Waals surface area contributed by atoms with Crippen molar-refractivity contribution in [1.29, 1.82) is 0 Å². The van der Waals surface area contributed by atoms with Gasteiger partial charge in [0.15, 0.2) is 16.8 Å². The molecule has 6 nitrogen and oxygen atoms in total. The van der Waals surface area contributed by atoms with Gasteiger partial charge in [-0.25, -0.2) is 19.3 Å². The lowest BCUT2D eigenvalue weighted by Crippen LogP contribution is -2.13. The number of rotatable bonds is 6. The van der Waals surface area contributed by atoms with Gasteiger partial charge in [-0.2, -0.15) is 0 Å². The summed E-state index contributed by atoms with van der Waals surface area (Å²) < 4.78 is 13.1. The predicted octanol–water partition coefficient (Wildman–Crippen LogP) is 3.79. The molecular formula is C20H19ClFN5O. The van der Waals surface area contributed by atoms with Gasteiger partial charge >= 0.3 is 0 Å². The highest BCUT2D eigenvalue weighted by Crippen LogP contribution is 2.27. The molecule has 0 amide bonds. The van der Waals surface area contributed by atoms with E-state index in [1.165, 1.54) is 24.3 Å². The molecule has 28 heavy (non-hydrogen) atoms. The lowest BCUT2D eigenvalue weighted by Gasteiger charge is -2.12. The maximum absolute atomic E-state index is 13.1. The zero-order valence-corrected chi connectivity index (χ0v) is 16.2. The highest BCUT2D eigenvalue weighted by molar-refractivity contribution is 6.32. The fourth-order valence-corrected chi connectivity index (χ4v) is 2.88. The van der Waals surface area contributed by atoms with Crippen LogP contribution in [0.3, 0.4) is 0 Å². The highest BCUT2D eigenvalue weighted by Gasteiger charge is 2.18. The zero-order valence-electron chi connectivity index (χ0n) is 15.5. The summed E-state index contributed by atoms with van der Waals surface area (Å²) in [5.41, 5.74) is 7.63. The van der Waals surface area contributed by atoms with Gasteiger partial charge in [0, 0.05) is 31.8 Å². The largest absolute Gasteiger partial charge is 0.382 e. The minimum Gasteiger partial charge on any atom is -0.382 e. The summed E-state index contributed by atoms with van der Waals surface area (Å²) in [4.78, 5) is 27.3. The van der Waals surface area contributed by atoms with Crippen LogP contribution in [0.15, 0.2) is 42.5 Å². The molecule has 0 saturated carbocycles. The first kappa shape index (κ1) is 19.7. The Labute approximate surface area is 167 Å². The molecular weight excluding hydrogens is 381 g/mol. The molecule has 8 heteroatoms. The van der Waals surface area contributed by atoms with Crippen molar-refractivity contribution in [3.63, 3.8) is 0 Å². The van der Waals surface area contributed by atoms with Crippen molar-refractivity contribution in [2.45, 2.75) is 12.8 Å². The number of benzene rings is 1. The Morgan fingerprint density at radius 1 is 1.11 bits per heavy atom. The molecule has 0 aliphatic heterocycles. The van der Waals surface area contributed by atoms with E-state index < -0.39 is 0 Å². The van der Waals surface area contributed by atoms with E-state index in [1.54, 1.807) is 0 Å². The van der Waals surface area contributed by atoms with Gasteiger partial charge in [0.2, 0.25) is 0 Å². The van der Waals surface area contributed by atoms with Crippen molar-refractivity contribution in [2.24, 2.45) is 0 Å². The Balaban J connectivity index is 1.78. The third-order valence-electron chi connectivity index (χ3n) is 4.12. The van der Waals surface area contributed by atoms with Crippen LogP contribution in [0.4, 0.5) is 16.0 Å². The summed E-state index contributed by atoms with van der Waals surface area (Å²) >= 11 is 6.20. The number of nitrogens with zero attached hydrogens (tertiary/aromatic N) is 4. The molecule has 3 rings (SSSR count). The number of pyridine rings is 1. The standard InChI is InChI=1S/C20H19ClFN5O/c1-27(2)16-5-3-4-14(24-16)10-11-15(28)18-20(23)26-17(19(21)25-18)12-6-8-13(22)9-7-12/h3-9H,10-11H2,1-2H3,(H2,23,26). The van der Waals surface area contributed by atoms with Gasteiger partial charge in [0.25, 0.3) is 0 Å². The van der Waals surface area contributed by atoms with Gasteiger partial charge in [-0.15, -0.1) is 0 Å². The van der Waals surface area contributed by atoms with Crippen molar-refractivity contribution in [2.75, 3.05) is 24.7 Å². The summed E-state index contributed by atoms with van der Waals surface area (Å²) in [5.74, 6) is 0.161.